The van der Waals surface area contributed by atoms with Crippen molar-refractivity contribution in [3.63, 3.8) is 0 Å². The number of nitrogens with one attached hydrogen (secondary N) is 1. The minimum absolute atomic E-state index is 0.151. The van der Waals surface area contributed by atoms with E-state index >= 15 is 0 Å². The van der Waals surface area contributed by atoms with Crippen LogP contribution in [0.4, 0.5) is 10.2 Å². The van der Waals surface area contributed by atoms with Crippen LogP contribution in [0.2, 0.25) is 0 Å². The summed E-state index contributed by atoms with van der Waals surface area (Å²) in [6, 6.07) is 3.76. The number of nitrogens with zero attached hydrogens (tertiary/aromatic N) is 2. The average Bonchev–Trinajstić information content (AvgIpc) is 2.93. The average molecular weight is 291 g/mol. The molecule has 0 spiro atoms. The van der Waals surface area contributed by atoms with Crippen LogP contribution in [0.15, 0.2) is 16.7 Å². The van der Waals surface area contributed by atoms with Crippen LogP contribution in [-0.4, -0.2) is 42.8 Å². The Morgan fingerprint density at radius 3 is 2.86 bits per heavy atom. The highest BCUT2D eigenvalue weighted by Gasteiger charge is 2.34. The van der Waals surface area contributed by atoms with Crippen LogP contribution in [0.1, 0.15) is 12.8 Å². The van der Waals surface area contributed by atoms with Crippen molar-refractivity contribution in [1.82, 2.24) is 10.1 Å². The van der Waals surface area contributed by atoms with Crippen molar-refractivity contribution in [3.05, 3.63) is 17.9 Å². The first-order chi connectivity index (χ1) is 10.3. The summed E-state index contributed by atoms with van der Waals surface area (Å²) in [5.41, 5.74) is 0.151. The molecule has 5 rings (SSSR count). The van der Waals surface area contributed by atoms with Crippen molar-refractivity contribution in [3.8, 4) is 5.75 Å². The van der Waals surface area contributed by atoms with Gasteiger partial charge in [-0.3, -0.25) is 0 Å². The van der Waals surface area contributed by atoms with Gasteiger partial charge in [0.05, 0.1) is 12.5 Å². The maximum atomic E-state index is 14.1. The lowest BCUT2D eigenvalue weighted by atomic mass is 9.84. The quantitative estimate of drug-likeness (QED) is 0.941. The standard InChI is InChI=1S/C15H18FN3O2/c1-20-12-3-2-10-14(13(12)16)21-18-15(10)17-11-8-19-6-4-9(11)5-7-19/h2-3,9,11H,4-8H2,1H3,(H,17,18)/t11-/m0/s1. The first-order valence-corrected chi connectivity index (χ1v) is 7.37. The highest BCUT2D eigenvalue weighted by molar-refractivity contribution is 5.89. The number of halogens is 1. The van der Waals surface area contributed by atoms with Crippen LogP contribution < -0.4 is 10.1 Å². The van der Waals surface area contributed by atoms with Gasteiger partial charge in [-0.15, -0.1) is 0 Å². The topological polar surface area (TPSA) is 50.5 Å². The van der Waals surface area contributed by atoms with Gasteiger partial charge in [0.2, 0.25) is 11.4 Å². The minimum Gasteiger partial charge on any atom is -0.494 e. The summed E-state index contributed by atoms with van der Waals surface area (Å²) in [7, 11) is 1.44. The number of benzene rings is 1. The van der Waals surface area contributed by atoms with E-state index < -0.39 is 5.82 Å². The van der Waals surface area contributed by atoms with Crippen molar-refractivity contribution in [2.45, 2.75) is 18.9 Å². The molecule has 1 atom stereocenters. The maximum absolute atomic E-state index is 14.1. The SMILES string of the molecule is COc1ccc2c(N[C@H]3CN4CCC3CC4)noc2c1F. The Kier molecular flexibility index (Phi) is 2.99. The fraction of sp³-hybridized carbons (Fsp3) is 0.533. The number of fused-ring (bicyclic) bond motifs is 4. The molecule has 3 aliphatic rings. The molecular weight excluding hydrogens is 273 g/mol. The second-order valence-corrected chi connectivity index (χ2v) is 5.88. The predicted octanol–water partition coefficient (Wildman–Crippen LogP) is 2.48. The molecule has 0 amide bonds. The molecule has 0 unspecified atom stereocenters. The number of anilines is 1. The van der Waals surface area contributed by atoms with Crippen molar-refractivity contribution in [2.24, 2.45) is 5.92 Å². The van der Waals surface area contributed by atoms with E-state index in [9.17, 15) is 4.39 Å². The van der Waals surface area contributed by atoms with Crippen LogP contribution in [0.25, 0.3) is 11.0 Å². The number of ether oxygens (including phenoxy) is 1. The summed E-state index contributed by atoms with van der Waals surface area (Å²) < 4.78 is 24.2. The fourth-order valence-electron chi connectivity index (χ4n) is 3.52. The number of methoxy groups -OCH3 is 1. The van der Waals surface area contributed by atoms with Crippen LogP contribution in [0, 0.1) is 11.7 Å². The van der Waals surface area contributed by atoms with Gasteiger partial charge < -0.3 is 19.5 Å². The Labute approximate surface area is 122 Å². The van der Waals surface area contributed by atoms with Gasteiger partial charge in [0.25, 0.3) is 0 Å². The van der Waals surface area contributed by atoms with E-state index in [1.165, 1.54) is 33.0 Å². The molecule has 5 nitrogen and oxygen atoms in total. The molecular formula is C15H18FN3O2. The zero-order valence-electron chi connectivity index (χ0n) is 11.9. The van der Waals surface area contributed by atoms with E-state index in [0.717, 1.165) is 6.54 Å². The second kappa shape index (κ2) is 4.87. The molecule has 3 fully saturated rings. The van der Waals surface area contributed by atoms with Crippen LogP contribution >= 0.6 is 0 Å². The zero-order valence-corrected chi connectivity index (χ0v) is 11.9. The molecule has 6 heteroatoms. The molecule has 2 bridgehead atoms. The lowest BCUT2D eigenvalue weighted by Crippen LogP contribution is -2.53. The van der Waals surface area contributed by atoms with E-state index in [2.05, 4.69) is 15.4 Å². The van der Waals surface area contributed by atoms with E-state index in [1.807, 2.05) is 0 Å². The highest BCUT2D eigenvalue weighted by atomic mass is 19.1. The first-order valence-electron chi connectivity index (χ1n) is 7.37. The van der Waals surface area contributed by atoms with E-state index in [1.54, 1.807) is 12.1 Å². The molecule has 0 radical (unpaired) electrons. The number of hydrogen-bond acceptors (Lipinski definition) is 5. The van der Waals surface area contributed by atoms with Gasteiger partial charge in [-0.25, -0.2) is 0 Å². The van der Waals surface area contributed by atoms with Gasteiger partial charge in [0.15, 0.2) is 11.6 Å². The van der Waals surface area contributed by atoms with Gasteiger partial charge in [-0.1, -0.05) is 5.16 Å². The van der Waals surface area contributed by atoms with Gasteiger partial charge >= 0.3 is 0 Å². The molecule has 3 aliphatic heterocycles. The maximum Gasteiger partial charge on any atom is 0.211 e. The van der Waals surface area contributed by atoms with Gasteiger partial charge in [-0.2, -0.15) is 4.39 Å². The Balaban J connectivity index is 1.64. The van der Waals surface area contributed by atoms with E-state index in [0.29, 0.717) is 23.2 Å². The van der Waals surface area contributed by atoms with E-state index in [4.69, 9.17) is 9.26 Å². The molecule has 4 heterocycles. The lowest BCUT2D eigenvalue weighted by Gasteiger charge is -2.44. The zero-order chi connectivity index (χ0) is 14.4. The van der Waals surface area contributed by atoms with Crippen molar-refractivity contribution in [2.75, 3.05) is 32.1 Å². The van der Waals surface area contributed by atoms with Crippen molar-refractivity contribution >= 4 is 16.8 Å². The summed E-state index contributed by atoms with van der Waals surface area (Å²) >= 11 is 0. The second-order valence-electron chi connectivity index (χ2n) is 5.88. The fourth-order valence-corrected chi connectivity index (χ4v) is 3.52. The third-order valence-electron chi connectivity index (χ3n) is 4.74. The molecule has 2 aromatic rings. The molecule has 0 saturated carbocycles. The Bertz CT molecular complexity index is 664. The summed E-state index contributed by atoms with van der Waals surface area (Å²) in [4.78, 5) is 2.46. The molecule has 3 saturated heterocycles. The molecule has 1 aromatic heterocycles. The summed E-state index contributed by atoms with van der Waals surface area (Å²) in [5.74, 6) is 0.979. The smallest absolute Gasteiger partial charge is 0.211 e. The molecule has 0 aliphatic carbocycles. The number of aromatic nitrogens is 1. The van der Waals surface area contributed by atoms with Crippen LogP contribution in [-0.2, 0) is 0 Å². The first kappa shape index (κ1) is 12.9. The van der Waals surface area contributed by atoms with Gasteiger partial charge in [-0.05, 0) is 44.0 Å². The third kappa shape index (κ3) is 2.05. The Morgan fingerprint density at radius 2 is 2.19 bits per heavy atom. The minimum atomic E-state index is -0.496. The largest absolute Gasteiger partial charge is 0.494 e. The number of hydrogen-bond donors (Lipinski definition) is 1. The molecule has 112 valence electrons. The molecule has 1 aromatic carbocycles. The third-order valence-corrected chi connectivity index (χ3v) is 4.74. The normalized spacial score (nSPS) is 28.0. The van der Waals surface area contributed by atoms with Gasteiger partial charge in [0, 0.05) is 12.6 Å². The summed E-state index contributed by atoms with van der Waals surface area (Å²) in [6.45, 7) is 3.40. The number of rotatable bonds is 3. The van der Waals surface area contributed by atoms with Gasteiger partial charge in [0.1, 0.15) is 0 Å². The highest BCUT2D eigenvalue weighted by Crippen LogP contribution is 2.34. The van der Waals surface area contributed by atoms with Crippen LogP contribution in [0.5, 0.6) is 5.75 Å². The summed E-state index contributed by atoms with van der Waals surface area (Å²) in [6.07, 6.45) is 2.44. The number of piperidine rings is 3. The van der Waals surface area contributed by atoms with Crippen LogP contribution in [0.3, 0.4) is 0 Å². The predicted molar refractivity (Wildman–Crippen MR) is 77.1 cm³/mol. The summed E-state index contributed by atoms with van der Waals surface area (Å²) in [5, 5.41) is 8.13. The van der Waals surface area contributed by atoms with Crippen molar-refractivity contribution < 1.29 is 13.7 Å². The Morgan fingerprint density at radius 1 is 1.38 bits per heavy atom. The molecule has 1 N–H and O–H groups in total. The van der Waals surface area contributed by atoms with Crippen molar-refractivity contribution in [1.29, 1.82) is 0 Å². The lowest BCUT2D eigenvalue weighted by molar-refractivity contribution is 0.0973. The monoisotopic (exact) mass is 291 g/mol. The molecule has 21 heavy (non-hydrogen) atoms. The van der Waals surface area contributed by atoms with E-state index in [-0.39, 0.29) is 11.3 Å². The Hall–Kier alpha value is -1.82.